The maximum atomic E-state index is 12.3. The van der Waals surface area contributed by atoms with Gasteiger partial charge in [0.15, 0.2) is 0 Å². The molecule has 2 bridgehead atoms. The van der Waals surface area contributed by atoms with Gasteiger partial charge in [-0.15, -0.1) is 10.2 Å². The average Bonchev–Trinajstić information content (AvgIpc) is 3.39. The second-order valence-electron chi connectivity index (χ2n) is 7.28. The molecule has 1 heterocycles. The normalized spacial score (nSPS) is 23.3. The highest BCUT2D eigenvalue weighted by molar-refractivity contribution is 5.73. The maximum Gasteiger partial charge on any atom is 0.317 e. The van der Waals surface area contributed by atoms with Crippen molar-refractivity contribution < 1.29 is 9.21 Å². The molecule has 2 aliphatic carbocycles. The van der Waals surface area contributed by atoms with Crippen LogP contribution in [0.25, 0.3) is 11.5 Å². The monoisotopic (exact) mass is 352 g/mol. The van der Waals surface area contributed by atoms with Crippen molar-refractivity contribution in [1.29, 1.82) is 0 Å². The number of allylic oxidation sites excluding steroid dienone is 2. The fourth-order valence-electron chi connectivity index (χ4n) is 4.02. The molecule has 2 aliphatic rings. The summed E-state index contributed by atoms with van der Waals surface area (Å²) in [6.07, 6.45) is 8.33. The fraction of sp³-hybridized carbons (Fsp3) is 0.450. The molecule has 0 unspecified atom stereocenters. The van der Waals surface area contributed by atoms with E-state index in [4.69, 9.17) is 4.42 Å². The van der Waals surface area contributed by atoms with Crippen LogP contribution >= 0.6 is 0 Å². The molecule has 1 aromatic carbocycles. The van der Waals surface area contributed by atoms with Gasteiger partial charge in [-0.2, -0.15) is 0 Å². The Balaban J connectivity index is 1.24. The molecule has 6 heteroatoms. The van der Waals surface area contributed by atoms with Crippen molar-refractivity contribution in [2.75, 3.05) is 13.6 Å². The molecule has 6 nitrogen and oxygen atoms in total. The van der Waals surface area contributed by atoms with Gasteiger partial charge >= 0.3 is 6.03 Å². The average molecular weight is 352 g/mol. The van der Waals surface area contributed by atoms with E-state index in [0.29, 0.717) is 24.9 Å². The smallest absolute Gasteiger partial charge is 0.317 e. The Bertz CT molecular complexity index is 786. The first-order valence-corrected chi connectivity index (χ1v) is 9.24. The Morgan fingerprint density at radius 2 is 2.08 bits per heavy atom. The van der Waals surface area contributed by atoms with Gasteiger partial charge in [-0.05, 0) is 49.1 Å². The van der Waals surface area contributed by atoms with Crippen molar-refractivity contribution in [2.45, 2.75) is 25.8 Å². The number of fused-ring (bicyclic) bond motifs is 2. The third-order valence-electron chi connectivity index (χ3n) is 5.41. The summed E-state index contributed by atoms with van der Waals surface area (Å²) in [5.74, 6) is 3.13. The lowest BCUT2D eigenvalue weighted by Gasteiger charge is -2.20. The van der Waals surface area contributed by atoms with Crippen molar-refractivity contribution >= 4 is 6.03 Å². The SMILES string of the molecule is CN(Cc1nnc(-c2ccccc2)o1)C(=O)NCC[C@@H]1C[C@@H]2C=C[C@H]1C2. The first-order valence-electron chi connectivity index (χ1n) is 9.24. The van der Waals surface area contributed by atoms with Crippen molar-refractivity contribution in [2.24, 2.45) is 17.8 Å². The van der Waals surface area contributed by atoms with Gasteiger partial charge in [0, 0.05) is 19.2 Å². The van der Waals surface area contributed by atoms with Crippen molar-refractivity contribution in [3.8, 4) is 11.5 Å². The Morgan fingerprint density at radius 1 is 1.23 bits per heavy atom. The number of nitrogens with one attached hydrogen (secondary N) is 1. The molecule has 0 radical (unpaired) electrons. The van der Waals surface area contributed by atoms with Gasteiger partial charge < -0.3 is 14.6 Å². The maximum absolute atomic E-state index is 12.3. The van der Waals surface area contributed by atoms with E-state index in [9.17, 15) is 4.79 Å². The van der Waals surface area contributed by atoms with E-state index in [1.54, 1.807) is 11.9 Å². The number of aromatic nitrogens is 2. The molecular formula is C20H24N4O2. The van der Waals surface area contributed by atoms with Crippen molar-refractivity contribution in [3.05, 3.63) is 48.4 Å². The zero-order valence-electron chi connectivity index (χ0n) is 15.0. The number of amides is 2. The van der Waals surface area contributed by atoms with Crippen LogP contribution in [0.15, 0.2) is 46.9 Å². The van der Waals surface area contributed by atoms with Crippen molar-refractivity contribution in [1.82, 2.24) is 20.4 Å². The minimum atomic E-state index is -0.108. The summed E-state index contributed by atoms with van der Waals surface area (Å²) in [6, 6.07) is 9.50. The second kappa shape index (κ2) is 7.32. The molecule has 2 aromatic rings. The van der Waals surface area contributed by atoms with Gasteiger partial charge in [0.2, 0.25) is 11.8 Å². The summed E-state index contributed by atoms with van der Waals surface area (Å²) >= 11 is 0. The summed E-state index contributed by atoms with van der Waals surface area (Å²) in [7, 11) is 1.74. The topological polar surface area (TPSA) is 71.3 Å². The molecule has 1 N–H and O–H groups in total. The molecule has 1 fully saturated rings. The molecule has 0 spiro atoms. The van der Waals surface area contributed by atoms with Crippen LogP contribution in [0.4, 0.5) is 4.79 Å². The van der Waals surface area contributed by atoms with Crippen LogP contribution in [0.3, 0.4) is 0 Å². The van der Waals surface area contributed by atoms with Crippen LogP contribution in [0.5, 0.6) is 0 Å². The second-order valence-corrected chi connectivity index (χ2v) is 7.28. The van der Waals surface area contributed by atoms with Crippen LogP contribution < -0.4 is 5.32 Å². The summed E-state index contributed by atoms with van der Waals surface area (Å²) in [6.45, 7) is 1.01. The van der Waals surface area contributed by atoms with Gasteiger partial charge in [0.25, 0.3) is 0 Å². The van der Waals surface area contributed by atoms with Crippen LogP contribution in [0.2, 0.25) is 0 Å². The van der Waals surface area contributed by atoms with Gasteiger partial charge in [0.05, 0.1) is 0 Å². The number of rotatable bonds is 6. The number of urea groups is 1. The Hall–Kier alpha value is -2.63. The lowest BCUT2D eigenvalue weighted by atomic mass is 9.91. The lowest BCUT2D eigenvalue weighted by Crippen LogP contribution is -2.38. The summed E-state index contributed by atoms with van der Waals surface area (Å²) < 4.78 is 5.66. The van der Waals surface area contributed by atoms with Gasteiger partial charge in [-0.3, -0.25) is 0 Å². The molecule has 136 valence electrons. The molecule has 2 amide bonds. The van der Waals surface area contributed by atoms with Crippen molar-refractivity contribution in [3.63, 3.8) is 0 Å². The van der Waals surface area contributed by atoms with Gasteiger partial charge in [0.1, 0.15) is 6.54 Å². The number of hydrogen-bond acceptors (Lipinski definition) is 4. The highest BCUT2D eigenvalue weighted by atomic mass is 16.4. The first-order chi connectivity index (χ1) is 12.7. The van der Waals surface area contributed by atoms with Gasteiger partial charge in [-0.1, -0.05) is 30.4 Å². The molecular weight excluding hydrogens is 328 g/mol. The van der Waals surface area contributed by atoms with E-state index < -0.39 is 0 Å². The van der Waals surface area contributed by atoms with E-state index in [2.05, 4.69) is 27.7 Å². The zero-order valence-corrected chi connectivity index (χ0v) is 15.0. The number of carbonyl (C=O) groups excluding carboxylic acids is 1. The van der Waals surface area contributed by atoms with Crippen LogP contribution in [0, 0.1) is 17.8 Å². The van der Waals surface area contributed by atoms with E-state index in [0.717, 1.165) is 29.7 Å². The van der Waals surface area contributed by atoms with E-state index in [-0.39, 0.29) is 6.03 Å². The number of nitrogens with zero attached hydrogens (tertiary/aromatic N) is 3. The molecule has 4 rings (SSSR count). The quantitative estimate of drug-likeness (QED) is 0.808. The molecule has 1 aromatic heterocycles. The predicted octanol–water partition coefficient (Wildman–Crippen LogP) is 3.48. The minimum absolute atomic E-state index is 0.108. The fourth-order valence-corrected chi connectivity index (χ4v) is 4.02. The highest BCUT2D eigenvalue weighted by Gasteiger charge is 2.35. The number of carbonyl (C=O) groups is 1. The van der Waals surface area contributed by atoms with Crippen LogP contribution in [0.1, 0.15) is 25.2 Å². The Kier molecular flexibility index (Phi) is 4.73. The zero-order chi connectivity index (χ0) is 17.9. The third-order valence-corrected chi connectivity index (χ3v) is 5.41. The molecule has 1 saturated carbocycles. The van der Waals surface area contributed by atoms with E-state index >= 15 is 0 Å². The van der Waals surface area contributed by atoms with Gasteiger partial charge in [-0.25, -0.2) is 4.79 Å². The first kappa shape index (κ1) is 16.8. The van der Waals surface area contributed by atoms with Crippen LogP contribution in [-0.4, -0.2) is 34.7 Å². The molecule has 3 atom stereocenters. The minimum Gasteiger partial charge on any atom is -0.419 e. The highest BCUT2D eigenvalue weighted by Crippen LogP contribution is 2.44. The van der Waals surface area contributed by atoms with Crippen LogP contribution in [-0.2, 0) is 6.54 Å². The Morgan fingerprint density at radius 3 is 2.81 bits per heavy atom. The molecule has 26 heavy (non-hydrogen) atoms. The van der Waals surface area contributed by atoms with E-state index in [1.165, 1.54) is 12.8 Å². The van der Waals surface area contributed by atoms with E-state index in [1.807, 2.05) is 30.3 Å². The number of hydrogen-bond donors (Lipinski definition) is 1. The summed E-state index contributed by atoms with van der Waals surface area (Å²) in [4.78, 5) is 13.8. The Labute approximate surface area is 153 Å². The summed E-state index contributed by atoms with van der Waals surface area (Å²) in [5.41, 5.74) is 0.873. The third kappa shape index (κ3) is 3.64. The standard InChI is InChI=1S/C20H24N4O2/c1-24(13-18-22-23-19(26-18)15-5-3-2-4-6-15)20(25)21-10-9-17-12-14-7-8-16(17)11-14/h2-8,14,16-17H,9-13H2,1H3,(H,21,25)/t14-,16+,17-/m1/s1. The molecule has 0 aliphatic heterocycles. The largest absolute Gasteiger partial charge is 0.419 e. The predicted molar refractivity (Wildman–Crippen MR) is 98.1 cm³/mol. The molecule has 0 saturated heterocycles. The summed E-state index contributed by atoms with van der Waals surface area (Å²) in [5, 5.41) is 11.1. The number of benzene rings is 1. The lowest BCUT2D eigenvalue weighted by molar-refractivity contribution is 0.201.